The number of hydrogen-bond donors (Lipinski definition) is 0. The predicted octanol–water partition coefficient (Wildman–Crippen LogP) is 8.74. The zero-order chi connectivity index (χ0) is 21.8. The lowest BCUT2D eigenvalue weighted by Gasteiger charge is -2.26. The molecule has 0 aliphatic carbocycles. The van der Waals surface area contributed by atoms with Crippen molar-refractivity contribution in [2.45, 2.75) is 0 Å². The molecule has 5 aromatic carbocycles. The molecule has 5 aromatic rings. The van der Waals surface area contributed by atoms with Crippen molar-refractivity contribution >= 4 is 28.7 Å². The molecule has 0 aliphatic rings. The average Bonchev–Trinajstić information content (AvgIpc) is 2.86. The lowest BCUT2D eigenvalue weighted by molar-refractivity contribution is 1.28. The third-order valence-corrected chi connectivity index (χ3v) is 5.62. The van der Waals surface area contributed by atoms with Crippen molar-refractivity contribution in [2.24, 2.45) is 0 Å². The molecule has 0 radical (unpaired) electrons. The molecule has 0 aromatic heterocycles. The van der Waals surface area contributed by atoms with E-state index < -0.39 is 0 Å². The van der Waals surface area contributed by atoms with Crippen molar-refractivity contribution < 1.29 is 0 Å². The van der Waals surface area contributed by atoms with Crippen LogP contribution in [0.4, 0.5) is 17.1 Å². The fourth-order valence-electron chi connectivity index (χ4n) is 3.81. The van der Waals surface area contributed by atoms with Gasteiger partial charge in [0.2, 0.25) is 0 Å². The van der Waals surface area contributed by atoms with Crippen molar-refractivity contribution in [1.82, 2.24) is 0 Å². The SMILES string of the molecule is Clc1cccc(N(c2ccc(-c3c#cccc3)cc2)c2ccc(-c3ccccc3)cc2)c1. The van der Waals surface area contributed by atoms with Crippen LogP contribution in [0.15, 0.2) is 121 Å². The Morgan fingerprint density at radius 3 is 1.81 bits per heavy atom. The molecule has 2 heteroatoms. The van der Waals surface area contributed by atoms with Crippen LogP contribution >= 0.6 is 11.6 Å². The standard InChI is InChI=1S/C30H20ClN/c31-27-12-7-13-30(22-27)32(28-18-14-25(15-19-28)23-8-3-1-4-9-23)29-20-16-26(17-21-29)24-10-5-2-6-11-24/h1-5,7-10,12-22H. The van der Waals surface area contributed by atoms with Crippen LogP contribution < -0.4 is 4.90 Å². The number of nitrogens with zero attached hydrogens (tertiary/aromatic N) is 1. The first-order valence-corrected chi connectivity index (χ1v) is 10.9. The van der Waals surface area contributed by atoms with E-state index in [0.29, 0.717) is 5.02 Å². The minimum absolute atomic E-state index is 0.708. The molecule has 0 saturated heterocycles. The van der Waals surface area contributed by atoms with E-state index in [4.69, 9.17) is 11.6 Å². The average molecular weight is 430 g/mol. The smallest absolute Gasteiger partial charge is 0.0476 e. The van der Waals surface area contributed by atoms with Gasteiger partial charge in [-0.3, -0.25) is 0 Å². The van der Waals surface area contributed by atoms with E-state index in [9.17, 15) is 0 Å². The highest BCUT2D eigenvalue weighted by Gasteiger charge is 2.13. The molecule has 5 rings (SSSR count). The Bertz CT molecular complexity index is 1210. The van der Waals surface area contributed by atoms with Gasteiger partial charge in [0, 0.05) is 27.6 Å². The number of rotatable bonds is 5. The molecule has 0 atom stereocenters. The first kappa shape index (κ1) is 19.9. The summed E-state index contributed by atoms with van der Waals surface area (Å²) in [6.45, 7) is 0. The van der Waals surface area contributed by atoms with Crippen LogP contribution in [0.25, 0.3) is 22.3 Å². The van der Waals surface area contributed by atoms with Gasteiger partial charge in [0.15, 0.2) is 0 Å². The molecular formula is C30H20ClN. The van der Waals surface area contributed by atoms with Crippen LogP contribution in [0.2, 0.25) is 5.02 Å². The van der Waals surface area contributed by atoms with E-state index in [0.717, 1.165) is 28.2 Å². The van der Waals surface area contributed by atoms with E-state index in [1.54, 1.807) is 0 Å². The Balaban J connectivity index is 1.54. The molecule has 0 N–H and O–H groups in total. The molecule has 0 bridgehead atoms. The number of benzene rings is 4. The van der Waals surface area contributed by atoms with Gasteiger partial charge in [-0.25, -0.2) is 0 Å². The number of hydrogen-bond acceptors (Lipinski definition) is 1. The van der Waals surface area contributed by atoms with Gasteiger partial charge in [-0.15, -0.1) is 0 Å². The Kier molecular flexibility index (Phi) is 5.62. The van der Waals surface area contributed by atoms with Crippen molar-refractivity contribution in [2.75, 3.05) is 4.90 Å². The normalized spacial score (nSPS) is 10.4. The molecule has 152 valence electrons. The first-order chi connectivity index (χ1) is 15.8. The van der Waals surface area contributed by atoms with Crippen LogP contribution in [0.5, 0.6) is 0 Å². The van der Waals surface area contributed by atoms with E-state index in [-0.39, 0.29) is 0 Å². The second-order valence-electron chi connectivity index (χ2n) is 7.48. The summed E-state index contributed by atoms with van der Waals surface area (Å²) in [7, 11) is 0. The number of halogens is 1. The molecular weight excluding hydrogens is 410 g/mol. The van der Waals surface area contributed by atoms with Crippen LogP contribution in [0.1, 0.15) is 0 Å². The Hall–Kier alpha value is -3.99. The largest absolute Gasteiger partial charge is 0.310 e. The maximum absolute atomic E-state index is 6.34. The predicted molar refractivity (Wildman–Crippen MR) is 135 cm³/mol. The van der Waals surface area contributed by atoms with Crippen molar-refractivity contribution in [3.8, 4) is 22.3 Å². The maximum atomic E-state index is 6.34. The summed E-state index contributed by atoms with van der Waals surface area (Å²) >= 11 is 6.34. The second kappa shape index (κ2) is 9.02. The Labute approximate surface area is 194 Å². The van der Waals surface area contributed by atoms with Gasteiger partial charge in [-0.05, 0) is 71.3 Å². The van der Waals surface area contributed by atoms with Crippen molar-refractivity contribution in [1.29, 1.82) is 0 Å². The highest BCUT2D eigenvalue weighted by atomic mass is 35.5. The summed E-state index contributed by atoms with van der Waals surface area (Å²) in [5, 5.41) is 0.708. The van der Waals surface area contributed by atoms with Crippen LogP contribution in [-0.4, -0.2) is 0 Å². The lowest BCUT2D eigenvalue weighted by Crippen LogP contribution is -2.09. The fraction of sp³-hybridized carbons (Fsp3) is 0. The Morgan fingerprint density at radius 2 is 1.19 bits per heavy atom. The summed E-state index contributed by atoms with van der Waals surface area (Å²) in [6, 6.07) is 47.5. The lowest BCUT2D eigenvalue weighted by atomic mass is 10.0. The summed E-state index contributed by atoms with van der Waals surface area (Å²) in [5.41, 5.74) is 7.66. The minimum atomic E-state index is 0.708. The maximum Gasteiger partial charge on any atom is 0.0476 e. The summed E-state index contributed by atoms with van der Waals surface area (Å²) in [4.78, 5) is 2.21. The zero-order valence-corrected chi connectivity index (χ0v) is 18.1. The quantitative estimate of drug-likeness (QED) is 0.270. The molecule has 0 aliphatic heterocycles. The van der Waals surface area contributed by atoms with Gasteiger partial charge in [-0.1, -0.05) is 90.5 Å². The highest BCUT2D eigenvalue weighted by molar-refractivity contribution is 6.30. The van der Waals surface area contributed by atoms with Gasteiger partial charge in [0.05, 0.1) is 0 Å². The zero-order valence-electron chi connectivity index (χ0n) is 17.4. The topological polar surface area (TPSA) is 3.24 Å². The third-order valence-electron chi connectivity index (χ3n) is 5.38. The molecule has 0 spiro atoms. The van der Waals surface area contributed by atoms with Gasteiger partial charge in [-0.2, -0.15) is 0 Å². The van der Waals surface area contributed by atoms with Crippen LogP contribution in [-0.2, 0) is 0 Å². The van der Waals surface area contributed by atoms with Crippen LogP contribution in [0, 0.1) is 12.1 Å². The monoisotopic (exact) mass is 429 g/mol. The molecule has 0 heterocycles. The van der Waals surface area contributed by atoms with Crippen molar-refractivity contribution in [3.05, 3.63) is 138 Å². The van der Waals surface area contributed by atoms with E-state index >= 15 is 0 Å². The third kappa shape index (κ3) is 4.23. The van der Waals surface area contributed by atoms with Crippen LogP contribution in [0.3, 0.4) is 0 Å². The summed E-state index contributed by atoms with van der Waals surface area (Å²) < 4.78 is 0. The van der Waals surface area contributed by atoms with Gasteiger partial charge in [0.25, 0.3) is 0 Å². The number of anilines is 3. The minimum Gasteiger partial charge on any atom is -0.310 e. The van der Waals surface area contributed by atoms with Crippen molar-refractivity contribution in [3.63, 3.8) is 0 Å². The van der Waals surface area contributed by atoms with Gasteiger partial charge < -0.3 is 4.90 Å². The first-order valence-electron chi connectivity index (χ1n) is 10.5. The van der Waals surface area contributed by atoms with Gasteiger partial charge >= 0.3 is 0 Å². The fourth-order valence-corrected chi connectivity index (χ4v) is 3.99. The van der Waals surface area contributed by atoms with E-state index in [1.165, 1.54) is 11.1 Å². The van der Waals surface area contributed by atoms with E-state index in [2.05, 4.69) is 95.9 Å². The summed E-state index contributed by atoms with van der Waals surface area (Å²) in [5.74, 6) is 0. The molecule has 0 amide bonds. The second-order valence-corrected chi connectivity index (χ2v) is 7.92. The van der Waals surface area contributed by atoms with E-state index in [1.807, 2.05) is 42.5 Å². The molecule has 1 nitrogen and oxygen atoms in total. The molecule has 0 unspecified atom stereocenters. The van der Waals surface area contributed by atoms with Gasteiger partial charge in [0.1, 0.15) is 0 Å². The Morgan fingerprint density at radius 1 is 0.531 bits per heavy atom. The summed E-state index contributed by atoms with van der Waals surface area (Å²) in [6.07, 6.45) is 0. The molecule has 0 fully saturated rings. The molecule has 0 saturated carbocycles. The highest BCUT2D eigenvalue weighted by Crippen LogP contribution is 2.37. The molecule has 32 heavy (non-hydrogen) atoms.